The van der Waals surface area contributed by atoms with E-state index in [1.165, 1.54) is 14.2 Å². The molecule has 0 bridgehead atoms. The number of rotatable bonds is 3. The van der Waals surface area contributed by atoms with Crippen LogP contribution in [0.5, 0.6) is 17.2 Å². The molecule has 0 unspecified atom stereocenters. The van der Waals surface area contributed by atoms with E-state index >= 15 is 0 Å². The van der Waals surface area contributed by atoms with Gasteiger partial charge in [0.05, 0.1) is 19.6 Å². The predicted octanol–water partition coefficient (Wildman–Crippen LogP) is 3.22. The van der Waals surface area contributed by atoms with Crippen LogP contribution in [0.15, 0.2) is 45.5 Å². The van der Waals surface area contributed by atoms with Crippen LogP contribution in [-0.4, -0.2) is 30.5 Å². The van der Waals surface area contributed by atoms with E-state index in [2.05, 4.69) is 0 Å². The second kappa shape index (κ2) is 5.87. The maximum Gasteiger partial charge on any atom is 0.204 e. The van der Waals surface area contributed by atoms with E-state index in [1.54, 1.807) is 24.3 Å². The Morgan fingerprint density at radius 1 is 1.23 bits per heavy atom. The second-order valence-corrected chi connectivity index (χ2v) is 5.89. The van der Waals surface area contributed by atoms with Gasteiger partial charge in [-0.3, -0.25) is 4.79 Å². The molecule has 1 atom stereocenters. The molecule has 7 nitrogen and oxygen atoms in total. The van der Waals surface area contributed by atoms with Gasteiger partial charge in [-0.05, 0) is 12.1 Å². The molecule has 0 aliphatic carbocycles. The van der Waals surface area contributed by atoms with E-state index in [0.29, 0.717) is 51.0 Å². The van der Waals surface area contributed by atoms with Crippen LogP contribution in [0, 0.1) is 0 Å². The average molecular weight is 356 g/mol. The zero-order valence-electron chi connectivity index (χ0n) is 14.1. The van der Waals surface area contributed by atoms with Crippen LogP contribution in [0.4, 0.5) is 0 Å². The molecule has 0 saturated carbocycles. The van der Waals surface area contributed by atoms with Crippen molar-refractivity contribution in [1.29, 1.82) is 0 Å². The van der Waals surface area contributed by atoms with Crippen molar-refractivity contribution in [2.45, 2.75) is 12.5 Å². The summed E-state index contributed by atoms with van der Waals surface area (Å²) in [6.07, 6.45) is 0.0661. The van der Waals surface area contributed by atoms with Crippen molar-refractivity contribution in [3.8, 4) is 17.2 Å². The van der Waals surface area contributed by atoms with Gasteiger partial charge in [0.2, 0.25) is 5.43 Å². The Morgan fingerprint density at radius 3 is 2.69 bits per heavy atom. The topological polar surface area (TPSA) is 98.4 Å². The average Bonchev–Trinajstić information content (AvgIpc) is 3.10. The number of benzene rings is 2. The van der Waals surface area contributed by atoms with Crippen LogP contribution in [0.3, 0.4) is 0 Å². The Bertz CT molecular complexity index is 1110. The molecule has 4 rings (SSSR count). The lowest BCUT2D eigenvalue weighted by Crippen LogP contribution is -2.15. The molecule has 3 aromatic rings. The summed E-state index contributed by atoms with van der Waals surface area (Å²) in [5.41, 5.74) is 1.01. The standard InChI is InChI=1S/C19H16O7/c1-23-12-5-3-4-9-17(22)16-15(24-2)7-13-10(19(16)26-18(9)12)6-14(25-13)11(21)8-20/h3-5,7-8,14,20-21H,6H2,1-2H3/b11-8-/t14-/m0/s1. The summed E-state index contributed by atoms with van der Waals surface area (Å²) >= 11 is 0. The lowest BCUT2D eigenvalue weighted by atomic mass is 10.0. The maximum atomic E-state index is 13.1. The van der Waals surface area contributed by atoms with Crippen molar-refractivity contribution in [1.82, 2.24) is 0 Å². The minimum absolute atomic E-state index is 0.238. The molecule has 0 fully saturated rings. The van der Waals surface area contributed by atoms with Crippen molar-refractivity contribution in [3.63, 3.8) is 0 Å². The molecule has 1 aromatic heterocycles. The van der Waals surface area contributed by atoms with Crippen LogP contribution in [0.1, 0.15) is 5.56 Å². The summed E-state index contributed by atoms with van der Waals surface area (Å²) in [6.45, 7) is 0. The fourth-order valence-electron chi connectivity index (χ4n) is 3.27. The van der Waals surface area contributed by atoms with E-state index in [0.717, 1.165) is 0 Å². The molecule has 7 heteroatoms. The van der Waals surface area contributed by atoms with E-state index in [9.17, 15) is 9.90 Å². The molecule has 1 aliphatic rings. The van der Waals surface area contributed by atoms with Gasteiger partial charge >= 0.3 is 0 Å². The van der Waals surface area contributed by atoms with E-state index in [1.807, 2.05) is 0 Å². The van der Waals surface area contributed by atoms with Gasteiger partial charge in [-0.1, -0.05) is 6.07 Å². The van der Waals surface area contributed by atoms with Crippen molar-refractivity contribution in [3.05, 3.63) is 52.1 Å². The van der Waals surface area contributed by atoms with Crippen LogP contribution in [-0.2, 0) is 6.42 Å². The molecule has 0 spiro atoms. The summed E-state index contributed by atoms with van der Waals surface area (Å²) in [6, 6.07) is 6.67. The first-order valence-electron chi connectivity index (χ1n) is 7.92. The highest BCUT2D eigenvalue weighted by molar-refractivity contribution is 5.97. The molecule has 0 radical (unpaired) electrons. The quantitative estimate of drug-likeness (QED) is 0.549. The number of aliphatic hydroxyl groups is 2. The Kier molecular flexibility index (Phi) is 3.64. The number of hydrogen-bond acceptors (Lipinski definition) is 7. The van der Waals surface area contributed by atoms with Gasteiger partial charge < -0.3 is 28.8 Å². The largest absolute Gasteiger partial charge is 0.512 e. The first kappa shape index (κ1) is 16.1. The third-order valence-electron chi connectivity index (χ3n) is 4.52. The first-order valence-corrected chi connectivity index (χ1v) is 7.92. The number of hydrogen-bond donors (Lipinski definition) is 2. The number of para-hydroxylation sites is 1. The molecule has 2 N–H and O–H groups in total. The van der Waals surface area contributed by atoms with E-state index < -0.39 is 6.10 Å². The number of ether oxygens (including phenoxy) is 3. The Labute approximate surface area is 147 Å². The van der Waals surface area contributed by atoms with E-state index in [-0.39, 0.29) is 17.6 Å². The van der Waals surface area contributed by atoms with Gasteiger partial charge in [-0.15, -0.1) is 0 Å². The molecule has 0 saturated heterocycles. The zero-order valence-corrected chi connectivity index (χ0v) is 14.1. The SMILES string of the molecule is COc1cccc2c(=O)c3c(OC)cc4c(c3oc12)C[C@@H](/C(O)=C/O)O4. The zero-order chi connectivity index (χ0) is 18.4. The Hall–Kier alpha value is -3.35. The summed E-state index contributed by atoms with van der Waals surface area (Å²) in [7, 11) is 2.95. The van der Waals surface area contributed by atoms with Gasteiger partial charge in [-0.25, -0.2) is 0 Å². The van der Waals surface area contributed by atoms with Gasteiger partial charge in [0.1, 0.15) is 28.7 Å². The van der Waals surface area contributed by atoms with E-state index in [4.69, 9.17) is 23.7 Å². The molecule has 26 heavy (non-hydrogen) atoms. The highest BCUT2D eigenvalue weighted by Gasteiger charge is 2.32. The van der Waals surface area contributed by atoms with Crippen LogP contribution >= 0.6 is 0 Å². The Morgan fingerprint density at radius 2 is 2.00 bits per heavy atom. The summed E-state index contributed by atoms with van der Waals surface area (Å²) < 4.78 is 22.4. The third kappa shape index (κ3) is 2.17. The van der Waals surface area contributed by atoms with Crippen LogP contribution < -0.4 is 19.6 Å². The maximum absolute atomic E-state index is 13.1. The number of aliphatic hydroxyl groups excluding tert-OH is 2. The van der Waals surface area contributed by atoms with Gasteiger partial charge in [0.25, 0.3) is 0 Å². The van der Waals surface area contributed by atoms with Crippen molar-refractivity contribution in [2.24, 2.45) is 0 Å². The molecule has 0 amide bonds. The number of methoxy groups -OCH3 is 2. The third-order valence-corrected chi connectivity index (χ3v) is 4.52. The highest BCUT2D eigenvalue weighted by Crippen LogP contribution is 2.42. The fraction of sp³-hybridized carbons (Fsp3) is 0.211. The van der Waals surface area contributed by atoms with Gasteiger partial charge in [0.15, 0.2) is 23.2 Å². The molecule has 2 heterocycles. The molecule has 134 valence electrons. The summed E-state index contributed by atoms with van der Waals surface area (Å²) in [5, 5.41) is 19.5. The van der Waals surface area contributed by atoms with Gasteiger partial charge in [-0.2, -0.15) is 0 Å². The van der Waals surface area contributed by atoms with Crippen molar-refractivity contribution in [2.75, 3.05) is 14.2 Å². The minimum atomic E-state index is -0.760. The predicted molar refractivity (Wildman–Crippen MR) is 94.6 cm³/mol. The first-order chi connectivity index (χ1) is 12.6. The van der Waals surface area contributed by atoms with Crippen LogP contribution in [0.2, 0.25) is 0 Å². The van der Waals surface area contributed by atoms with Crippen molar-refractivity contribution < 1.29 is 28.8 Å². The summed E-state index contributed by atoms with van der Waals surface area (Å²) in [5.74, 6) is 0.858. The number of fused-ring (bicyclic) bond motifs is 4. The van der Waals surface area contributed by atoms with Crippen molar-refractivity contribution >= 4 is 21.9 Å². The van der Waals surface area contributed by atoms with Gasteiger partial charge in [0, 0.05) is 18.1 Å². The smallest absolute Gasteiger partial charge is 0.204 e. The molecule has 2 aromatic carbocycles. The highest BCUT2D eigenvalue weighted by atomic mass is 16.5. The molecule has 1 aliphatic heterocycles. The second-order valence-electron chi connectivity index (χ2n) is 5.89. The molecular formula is C19H16O7. The minimum Gasteiger partial charge on any atom is -0.512 e. The summed E-state index contributed by atoms with van der Waals surface area (Å²) in [4.78, 5) is 13.1. The monoisotopic (exact) mass is 356 g/mol. The lowest BCUT2D eigenvalue weighted by molar-refractivity contribution is 0.188. The Balaban J connectivity index is 2.10. The fourth-order valence-corrected chi connectivity index (χ4v) is 3.27. The lowest BCUT2D eigenvalue weighted by Gasteiger charge is -2.11. The molecular weight excluding hydrogens is 340 g/mol. The van der Waals surface area contributed by atoms with Crippen LogP contribution in [0.25, 0.3) is 21.9 Å². The normalized spacial score (nSPS) is 16.5.